The third kappa shape index (κ3) is 18.1. The first-order valence-electron chi connectivity index (χ1n) is 25.4. The second-order valence-electron chi connectivity index (χ2n) is 17.1. The minimum absolute atomic E-state index is 0.178. The molecule has 4 aromatic heterocycles. The van der Waals surface area contributed by atoms with Gasteiger partial charge in [0.25, 0.3) is 5.91 Å². The number of carbonyl (C=O) groups is 1. The van der Waals surface area contributed by atoms with E-state index in [9.17, 15) is 4.79 Å². The molecule has 0 radical (unpaired) electrons. The first-order chi connectivity index (χ1) is 40.7. The van der Waals surface area contributed by atoms with Crippen LogP contribution in [0.25, 0.3) is 0 Å². The molecule has 0 spiro atoms. The van der Waals surface area contributed by atoms with Gasteiger partial charge in [0.05, 0.1) is 66.6 Å². The molecule has 1 fully saturated rings. The fourth-order valence-corrected chi connectivity index (χ4v) is 7.30. The maximum absolute atomic E-state index is 12.1. The fraction of sp³-hybridized carbons (Fsp3) is 0.123. The van der Waals surface area contributed by atoms with Crippen LogP contribution in [0.2, 0.25) is 0 Å². The summed E-state index contributed by atoms with van der Waals surface area (Å²) in [6, 6.07) is 42.8. The molecule has 9 aromatic rings. The van der Waals surface area contributed by atoms with Crippen LogP contribution in [-0.2, 0) is 14.4 Å². The molecule has 0 aliphatic carbocycles. The van der Waals surface area contributed by atoms with Gasteiger partial charge in [0.15, 0.2) is 0 Å². The lowest BCUT2D eigenvalue weighted by Crippen LogP contribution is -2.38. The number of nitrogens with zero attached hydrogens (tertiary/aromatic N) is 12. The van der Waals surface area contributed by atoms with Gasteiger partial charge in [0.1, 0.15) is 90.6 Å². The van der Waals surface area contributed by atoms with E-state index in [1.54, 1.807) is 24.3 Å². The molecule has 83 heavy (non-hydrogen) atoms. The Morgan fingerprint density at radius 3 is 1.47 bits per heavy atom. The van der Waals surface area contributed by atoms with Gasteiger partial charge in [-0.2, -0.15) is 0 Å². The molecule has 1 amide bonds. The van der Waals surface area contributed by atoms with Crippen LogP contribution in [-0.4, -0.2) is 121 Å². The summed E-state index contributed by atoms with van der Waals surface area (Å²) in [5, 5.41) is 31.4. The van der Waals surface area contributed by atoms with Gasteiger partial charge in [-0.15, -0.1) is 0 Å². The Morgan fingerprint density at radius 1 is 0.566 bits per heavy atom. The molecule has 422 valence electrons. The number of rotatable bonds is 20. The first kappa shape index (κ1) is 57.8. The number of oxime groups is 3. The van der Waals surface area contributed by atoms with Gasteiger partial charge in [-0.05, 0) is 84.9 Å². The third-order valence-electron chi connectivity index (χ3n) is 11.4. The van der Waals surface area contributed by atoms with Crippen molar-refractivity contribution in [1.82, 2.24) is 44.8 Å². The van der Waals surface area contributed by atoms with E-state index in [1.165, 1.54) is 57.1 Å². The smallest absolute Gasteiger partial charge is 0.258 e. The summed E-state index contributed by atoms with van der Waals surface area (Å²) < 4.78 is 16.9. The van der Waals surface area contributed by atoms with E-state index in [0.717, 1.165) is 61.5 Å². The summed E-state index contributed by atoms with van der Waals surface area (Å²) in [5.74, 6) is 5.04. The Morgan fingerprint density at radius 2 is 1.00 bits per heavy atom. The molecular weight excluding hydrogens is 1060 g/mol. The van der Waals surface area contributed by atoms with Crippen LogP contribution in [0.4, 0.5) is 57.9 Å². The van der Waals surface area contributed by atoms with Crippen molar-refractivity contribution in [2.75, 3.05) is 85.0 Å². The highest BCUT2D eigenvalue weighted by molar-refractivity contribution is 6.03. The molecule has 26 nitrogen and oxygen atoms in total. The number of amides is 1. The lowest BCUT2D eigenvalue weighted by molar-refractivity contribution is 0.0214. The van der Waals surface area contributed by atoms with Gasteiger partial charge in [-0.3, -0.25) is 15.0 Å². The standard InChI is InChI=1S/C23H26N6O3.C17H16N8O2.C17H15N5O2/c24-22-21(16-27-31-15-12-29-10-13-30-14-11-29)23(26-17-25-22)28-18-6-8-20(9-7-18)32-19-4-2-1-3-5-19;1-27-23-9-13-14(18)21-10-22-15(13)24-12-7-19-17(20-8-12)25-16(26)11-5-3-2-4-6-11;18-16-15(10-21-23)17(20-11-19-16)22-12-6-8-14(9-7-12)24-13-4-2-1-3-5-13/h1-9,16-17H,10-15H2,(H3,24,25,26,28);2-10H,1H3,(H3,18,21,22,24)(H,19,20,25,26);1-11,23H,(H3,18,19,20,22)/b27-16+;23-9+;21-10+. The average molecular weight is 1120 g/mol. The zero-order valence-corrected chi connectivity index (χ0v) is 44.6. The van der Waals surface area contributed by atoms with E-state index >= 15 is 0 Å². The number of benzene rings is 5. The lowest BCUT2D eigenvalue weighted by Gasteiger charge is -2.25. The van der Waals surface area contributed by atoms with Crippen LogP contribution in [0.5, 0.6) is 23.0 Å². The number of nitrogens with two attached hydrogens (primary N) is 3. The SMILES string of the molecule is CO/N=C/c1c(N)ncnc1Nc1cnc(NC(=O)c2ccccc2)nc1.Nc1ncnc(Nc2ccc(Oc3ccccc3)cc2)c1/C=N/O.Nc1ncnc(Nc2ccc(Oc3ccccc3)cc2)c1/C=N/OCCN1CCOCC1. The monoisotopic (exact) mass is 1120 g/mol. The molecule has 10 rings (SSSR count). The minimum Gasteiger partial charge on any atom is -0.457 e. The third-order valence-corrected chi connectivity index (χ3v) is 11.4. The highest BCUT2D eigenvalue weighted by atomic mass is 16.6. The van der Waals surface area contributed by atoms with Gasteiger partial charge in [0, 0.05) is 36.6 Å². The number of nitrogens with one attached hydrogen (secondary N) is 4. The normalized spacial score (nSPS) is 12.1. The van der Waals surface area contributed by atoms with Gasteiger partial charge in [-0.25, -0.2) is 39.9 Å². The first-order valence-corrected chi connectivity index (χ1v) is 25.4. The van der Waals surface area contributed by atoms with Crippen molar-refractivity contribution in [2.24, 2.45) is 15.5 Å². The zero-order chi connectivity index (χ0) is 57.9. The highest BCUT2D eigenvalue weighted by Crippen LogP contribution is 2.28. The van der Waals surface area contributed by atoms with E-state index in [4.69, 9.17) is 41.5 Å². The van der Waals surface area contributed by atoms with Crippen LogP contribution in [0.3, 0.4) is 0 Å². The predicted octanol–water partition coefficient (Wildman–Crippen LogP) is 8.51. The molecule has 11 N–H and O–H groups in total. The quantitative estimate of drug-likeness (QED) is 0.0153. The van der Waals surface area contributed by atoms with E-state index in [2.05, 4.69) is 86.3 Å². The number of morpholine rings is 1. The Bertz CT molecular complexity index is 3530. The van der Waals surface area contributed by atoms with Gasteiger partial charge >= 0.3 is 0 Å². The fourth-order valence-electron chi connectivity index (χ4n) is 7.30. The van der Waals surface area contributed by atoms with Crippen LogP contribution in [0.15, 0.2) is 186 Å². The largest absolute Gasteiger partial charge is 0.457 e. The number of nitrogen functional groups attached to an aromatic ring is 3. The summed E-state index contributed by atoms with van der Waals surface area (Å²) in [7, 11) is 1.42. The Hall–Kier alpha value is -11.4. The molecule has 1 saturated heterocycles. The number of para-hydroxylation sites is 2. The summed E-state index contributed by atoms with van der Waals surface area (Å²) in [4.78, 5) is 57.0. The van der Waals surface area contributed by atoms with Crippen LogP contribution < -0.4 is 47.9 Å². The molecular formula is C57H57N19O7. The molecule has 26 heteroatoms. The number of hydrogen-bond acceptors (Lipinski definition) is 25. The van der Waals surface area contributed by atoms with Crippen molar-refractivity contribution in [2.45, 2.75) is 0 Å². The molecule has 0 saturated carbocycles. The Labute approximate surface area is 476 Å². The second-order valence-corrected chi connectivity index (χ2v) is 17.1. The lowest BCUT2D eigenvalue weighted by atomic mass is 10.2. The van der Waals surface area contributed by atoms with Crippen molar-refractivity contribution >= 4 is 82.5 Å². The molecule has 0 bridgehead atoms. The highest BCUT2D eigenvalue weighted by Gasteiger charge is 2.14. The molecule has 5 aromatic carbocycles. The van der Waals surface area contributed by atoms with E-state index in [-0.39, 0.29) is 23.5 Å². The molecule has 0 unspecified atom stereocenters. The Kier molecular flexibility index (Phi) is 21.4. The van der Waals surface area contributed by atoms with Crippen LogP contribution in [0.1, 0.15) is 27.0 Å². The van der Waals surface area contributed by atoms with Crippen molar-refractivity contribution in [3.05, 3.63) is 193 Å². The van der Waals surface area contributed by atoms with Gasteiger partial charge in [0.2, 0.25) is 5.95 Å². The van der Waals surface area contributed by atoms with Crippen molar-refractivity contribution in [1.29, 1.82) is 0 Å². The number of ether oxygens (including phenoxy) is 3. The summed E-state index contributed by atoms with van der Waals surface area (Å²) in [6.45, 7) is 4.62. The zero-order valence-electron chi connectivity index (χ0n) is 44.6. The average Bonchev–Trinajstić information content (AvgIpc) is 3.55. The molecule has 5 heterocycles. The Balaban J connectivity index is 0.000000164. The maximum atomic E-state index is 12.1. The maximum Gasteiger partial charge on any atom is 0.258 e. The van der Waals surface area contributed by atoms with E-state index in [1.807, 2.05) is 115 Å². The number of hydrogen-bond donors (Lipinski definition) is 8. The predicted molar refractivity (Wildman–Crippen MR) is 316 cm³/mol. The van der Waals surface area contributed by atoms with E-state index in [0.29, 0.717) is 63.6 Å². The van der Waals surface area contributed by atoms with Crippen molar-refractivity contribution in [3.63, 3.8) is 0 Å². The minimum atomic E-state index is -0.294. The van der Waals surface area contributed by atoms with Crippen molar-refractivity contribution in [3.8, 4) is 23.0 Å². The topological polar surface area (TPSA) is 353 Å². The van der Waals surface area contributed by atoms with Crippen LogP contribution >= 0.6 is 0 Å². The number of anilines is 10. The molecule has 1 aliphatic rings. The van der Waals surface area contributed by atoms with Crippen molar-refractivity contribution < 1.29 is 33.9 Å². The number of aromatic nitrogens is 8. The summed E-state index contributed by atoms with van der Waals surface area (Å²) >= 11 is 0. The van der Waals surface area contributed by atoms with Crippen LogP contribution in [0, 0.1) is 0 Å². The summed E-state index contributed by atoms with van der Waals surface area (Å²) in [6.07, 6.45) is 11.2. The van der Waals surface area contributed by atoms with E-state index < -0.39 is 0 Å². The second kappa shape index (κ2) is 30.7. The van der Waals surface area contributed by atoms with Gasteiger partial charge < -0.3 is 62.2 Å². The molecule has 0 atom stereocenters. The summed E-state index contributed by atoms with van der Waals surface area (Å²) in [5.41, 5.74) is 21.7. The van der Waals surface area contributed by atoms with Gasteiger partial charge in [-0.1, -0.05) is 70.1 Å². The number of carbonyl (C=O) groups excluding carboxylic acids is 1. The molecule has 1 aliphatic heterocycles.